The molecule has 4 nitrogen and oxygen atoms in total. The van der Waals surface area contributed by atoms with Crippen LogP contribution in [0.2, 0.25) is 5.02 Å². The molecule has 1 aromatic rings. The average Bonchev–Trinajstić information content (AvgIpc) is 2.29. The second-order valence-corrected chi connectivity index (χ2v) is 5.53. The number of nitrogens with two attached hydrogens (primary N) is 1. The van der Waals surface area contributed by atoms with Gasteiger partial charge in [-0.15, -0.1) is 0 Å². The second-order valence-electron chi connectivity index (χ2n) is 5.09. The van der Waals surface area contributed by atoms with Crippen LogP contribution in [0, 0.1) is 6.92 Å². The lowest BCUT2D eigenvalue weighted by molar-refractivity contribution is -0.125. The summed E-state index contributed by atoms with van der Waals surface area (Å²) in [4.78, 5) is 11.5. The summed E-state index contributed by atoms with van der Waals surface area (Å²) in [6, 6.07) is 5.50. The predicted octanol–water partition coefficient (Wildman–Crippen LogP) is 2.27. The summed E-state index contributed by atoms with van der Waals surface area (Å²) in [5.74, 6) is 0.657. The highest BCUT2D eigenvalue weighted by Gasteiger charge is 2.20. The van der Waals surface area contributed by atoms with Crippen LogP contribution in [-0.4, -0.2) is 24.6 Å². The number of nitrogens with one attached hydrogen (secondary N) is 1. The molecule has 1 rings (SSSR count). The van der Waals surface area contributed by atoms with Crippen LogP contribution in [0.25, 0.3) is 0 Å². The Morgan fingerprint density at radius 1 is 1.47 bits per heavy atom. The fourth-order valence-corrected chi connectivity index (χ4v) is 1.69. The number of aryl methyl sites for hydroxylation is 1. The van der Waals surface area contributed by atoms with Gasteiger partial charge in [-0.05, 0) is 51.0 Å². The summed E-state index contributed by atoms with van der Waals surface area (Å²) in [6.07, 6.45) is 0.726. The molecule has 19 heavy (non-hydrogen) atoms. The Morgan fingerprint density at radius 3 is 2.74 bits per heavy atom. The predicted molar refractivity (Wildman–Crippen MR) is 77.6 cm³/mol. The van der Waals surface area contributed by atoms with E-state index >= 15 is 0 Å². The van der Waals surface area contributed by atoms with Gasteiger partial charge in [-0.25, -0.2) is 0 Å². The smallest absolute Gasteiger partial charge is 0.239 e. The summed E-state index contributed by atoms with van der Waals surface area (Å²) in [5.41, 5.74) is 5.82. The summed E-state index contributed by atoms with van der Waals surface area (Å²) < 4.78 is 5.62. The van der Waals surface area contributed by atoms with Crippen molar-refractivity contribution in [3.8, 4) is 5.75 Å². The lowest BCUT2D eigenvalue weighted by Gasteiger charge is -2.17. The number of halogens is 1. The lowest BCUT2D eigenvalue weighted by Crippen LogP contribution is -2.49. The zero-order chi connectivity index (χ0) is 14.5. The highest BCUT2D eigenvalue weighted by molar-refractivity contribution is 6.30. The summed E-state index contributed by atoms with van der Waals surface area (Å²) in [5, 5.41) is 3.46. The van der Waals surface area contributed by atoms with E-state index in [1.807, 2.05) is 19.1 Å². The van der Waals surface area contributed by atoms with Gasteiger partial charge in [0.25, 0.3) is 0 Å². The number of hydrogen-bond acceptors (Lipinski definition) is 3. The second kappa shape index (κ2) is 6.78. The molecule has 0 saturated heterocycles. The van der Waals surface area contributed by atoms with Crippen LogP contribution in [0.1, 0.15) is 25.8 Å². The third-order valence-corrected chi connectivity index (χ3v) is 2.82. The lowest BCUT2D eigenvalue weighted by atomic mass is 10.1. The fourth-order valence-electron chi connectivity index (χ4n) is 1.46. The van der Waals surface area contributed by atoms with Crippen molar-refractivity contribution in [2.75, 3.05) is 13.2 Å². The van der Waals surface area contributed by atoms with Crippen LogP contribution in [-0.2, 0) is 4.79 Å². The zero-order valence-electron chi connectivity index (χ0n) is 11.6. The van der Waals surface area contributed by atoms with Crippen molar-refractivity contribution in [2.24, 2.45) is 5.73 Å². The maximum Gasteiger partial charge on any atom is 0.239 e. The molecule has 1 aromatic carbocycles. The molecule has 0 aliphatic carbocycles. The molecule has 0 unspecified atom stereocenters. The SMILES string of the molecule is Cc1cc(Cl)ccc1OCCCNC(=O)C(C)(C)N. The molecule has 0 aromatic heterocycles. The molecule has 0 atom stereocenters. The molecule has 0 aliphatic rings. The molecule has 0 fully saturated rings. The Bertz CT molecular complexity index is 442. The summed E-state index contributed by atoms with van der Waals surface area (Å²) in [7, 11) is 0. The van der Waals surface area contributed by atoms with Gasteiger partial charge in [-0.1, -0.05) is 11.6 Å². The van der Waals surface area contributed by atoms with E-state index in [0.717, 1.165) is 17.7 Å². The Balaban J connectivity index is 2.26. The van der Waals surface area contributed by atoms with Gasteiger partial charge in [0.1, 0.15) is 5.75 Å². The largest absolute Gasteiger partial charge is 0.493 e. The van der Waals surface area contributed by atoms with Gasteiger partial charge >= 0.3 is 0 Å². The van der Waals surface area contributed by atoms with Gasteiger partial charge in [0.2, 0.25) is 5.91 Å². The van der Waals surface area contributed by atoms with Crippen molar-refractivity contribution < 1.29 is 9.53 Å². The van der Waals surface area contributed by atoms with E-state index in [1.165, 1.54) is 0 Å². The molecule has 1 amide bonds. The number of carbonyl (C=O) groups excluding carboxylic acids is 1. The van der Waals surface area contributed by atoms with Gasteiger partial charge in [-0.2, -0.15) is 0 Å². The minimum atomic E-state index is -0.840. The highest BCUT2D eigenvalue weighted by Crippen LogP contribution is 2.21. The van der Waals surface area contributed by atoms with Crippen LogP contribution in [0.4, 0.5) is 0 Å². The summed E-state index contributed by atoms with van der Waals surface area (Å²) in [6.45, 7) is 6.38. The van der Waals surface area contributed by atoms with Crippen molar-refractivity contribution in [2.45, 2.75) is 32.7 Å². The minimum Gasteiger partial charge on any atom is -0.493 e. The van der Waals surface area contributed by atoms with E-state index in [0.29, 0.717) is 18.2 Å². The molecule has 0 aliphatic heterocycles. The minimum absolute atomic E-state index is 0.157. The topological polar surface area (TPSA) is 64.3 Å². The fraction of sp³-hybridized carbons (Fsp3) is 0.500. The third-order valence-electron chi connectivity index (χ3n) is 2.59. The van der Waals surface area contributed by atoms with Crippen LogP contribution in [0.5, 0.6) is 5.75 Å². The maximum absolute atomic E-state index is 11.5. The molecule has 0 bridgehead atoms. The van der Waals surface area contributed by atoms with E-state index < -0.39 is 5.54 Å². The van der Waals surface area contributed by atoms with Gasteiger partial charge in [-0.3, -0.25) is 4.79 Å². The Morgan fingerprint density at radius 2 is 2.16 bits per heavy atom. The molecule has 106 valence electrons. The maximum atomic E-state index is 11.5. The van der Waals surface area contributed by atoms with Gasteiger partial charge in [0.15, 0.2) is 0 Å². The van der Waals surface area contributed by atoms with Crippen molar-refractivity contribution in [3.63, 3.8) is 0 Å². The van der Waals surface area contributed by atoms with Crippen LogP contribution < -0.4 is 15.8 Å². The number of hydrogen-bond donors (Lipinski definition) is 2. The van der Waals surface area contributed by atoms with E-state index in [1.54, 1.807) is 19.9 Å². The third kappa shape index (κ3) is 5.49. The number of ether oxygens (including phenoxy) is 1. The monoisotopic (exact) mass is 284 g/mol. The van der Waals surface area contributed by atoms with E-state index in [2.05, 4.69) is 5.32 Å². The zero-order valence-corrected chi connectivity index (χ0v) is 12.4. The van der Waals surface area contributed by atoms with Gasteiger partial charge in [0.05, 0.1) is 12.1 Å². The van der Waals surface area contributed by atoms with E-state index in [9.17, 15) is 4.79 Å². The molecule has 0 radical (unpaired) electrons. The van der Waals surface area contributed by atoms with Crippen molar-refractivity contribution in [1.29, 1.82) is 0 Å². The first kappa shape index (κ1) is 15.8. The number of benzene rings is 1. The molecule has 0 saturated carbocycles. The first-order valence-corrected chi connectivity index (χ1v) is 6.64. The van der Waals surface area contributed by atoms with Gasteiger partial charge < -0.3 is 15.8 Å². The normalized spacial score (nSPS) is 11.2. The molecular weight excluding hydrogens is 264 g/mol. The van der Waals surface area contributed by atoms with Crippen LogP contribution in [0.15, 0.2) is 18.2 Å². The van der Waals surface area contributed by atoms with E-state index in [-0.39, 0.29) is 5.91 Å². The van der Waals surface area contributed by atoms with Crippen LogP contribution in [0.3, 0.4) is 0 Å². The summed E-state index contributed by atoms with van der Waals surface area (Å²) >= 11 is 5.86. The van der Waals surface area contributed by atoms with E-state index in [4.69, 9.17) is 22.1 Å². The molecular formula is C14H21ClN2O2. The Kier molecular flexibility index (Phi) is 5.63. The molecule has 3 N–H and O–H groups in total. The standard InChI is InChI=1S/C14H21ClN2O2/c1-10-9-11(15)5-6-12(10)19-8-4-7-17-13(18)14(2,3)16/h5-6,9H,4,7-8,16H2,1-3H3,(H,17,18). The molecule has 5 heteroatoms. The number of amides is 1. The quantitative estimate of drug-likeness (QED) is 0.788. The molecule has 0 spiro atoms. The number of carbonyl (C=O) groups is 1. The van der Waals surface area contributed by atoms with Crippen molar-refractivity contribution >= 4 is 17.5 Å². The average molecular weight is 285 g/mol. The van der Waals surface area contributed by atoms with Gasteiger partial charge in [0, 0.05) is 11.6 Å². The van der Waals surface area contributed by atoms with Crippen molar-refractivity contribution in [3.05, 3.63) is 28.8 Å². The Hall–Kier alpha value is -1.26. The first-order valence-electron chi connectivity index (χ1n) is 6.27. The van der Waals surface area contributed by atoms with Crippen LogP contribution >= 0.6 is 11.6 Å². The Labute approximate surface area is 119 Å². The molecule has 0 heterocycles. The first-order chi connectivity index (χ1) is 8.80. The highest BCUT2D eigenvalue weighted by atomic mass is 35.5. The number of rotatable bonds is 6. The van der Waals surface area contributed by atoms with Crippen molar-refractivity contribution in [1.82, 2.24) is 5.32 Å².